The maximum atomic E-state index is 5.26. The molecule has 0 spiro atoms. The van der Waals surface area contributed by atoms with Crippen molar-refractivity contribution in [2.45, 2.75) is 373 Å². The quantitative estimate of drug-likeness (QED) is 0.0358. The number of rotatable bonds is 41. The Kier molecular flexibility index (Phi) is 79.1. The zero-order valence-electron chi connectivity index (χ0n) is 94.6. The summed E-state index contributed by atoms with van der Waals surface area (Å²) in [6, 6.07) is 95.9. The second-order valence-corrected chi connectivity index (χ2v) is 45.3. The lowest BCUT2D eigenvalue weighted by Crippen LogP contribution is -2.37. The molecule has 0 amide bonds. The number of aryl methyl sites for hydroxylation is 10. The molecule has 3 aromatic heterocycles. The standard InChI is InChI=1S/C14H22.3C12H18.C11H20N2.C11H17N.3C11H16.C10H15N.C10H14.C9H19NO/c1-14(2,3)12-8-7-11-13-9-5-4-6-10-13;3*1-11(2)7-6-10-12-8-4-3-5-9-12;1-11(2,3)6-4-5-8-13-9-7-12-10-13;1-10(2)6-5-8-11-7-3-4-9-12-11;3*1-10(2)8-9-11-6-4-3-5-7-11;1-9(2)3-4-10-5-7-11-8-6-10;1-9(2)8-10-6-4-3-5-7-10;1-9(2)3-4-10-5-7-11-8-6-10/h4-6,9-10H,7-8,11-12H2,1-3H3;3*3-5,8-9,11H,6-7,10H2,1-2H3;7,9-10H,4-6,8H2,1-3H3;3-4,7,9-10H,5-6,8H2,1-2H3;3*3-7,10H,8-9H2,1-2H3;5-9H,3-4H2,1-2H3;3-7,9H,8H2,1-2H3;9H,3-8H2,1-2H3. The molecule has 6 heteroatoms. The summed E-state index contributed by atoms with van der Waals surface area (Å²) in [6.45, 7) is 65.7. The Morgan fingerprint density at radius 2 is 0.521 bits per heavy atom. The van der Waals surface area contributed by atoms with Crippen LogP contribution in [0.1, 0.15) is 358 Å². The van der Waals surface area contributed by atoms with E-state index in [4.69, 9.17) is 4.74 Å². The molecular formula is C134H209N5O. The second kappa shape index (κ2) is 85.7. The SMILES string of the molecule is CC(C)(C)CCCCc1ccccc1.CC(C)(C)CCCCn1ccnc1.CC(C)CCCc1ccccc1.CC(C)CCCc1ccccc1.CC(C)CCCc1ccccc1.CC(C)CCCc1ccccn1.CC(C)CCN1CCOCC1.CC(C)CCc1ccccc1.CC(C)CCc1ccccc1.CC(C)CCc1ccccc1.CC(C)CCc1ccncc1.CC(C)Cc1ccccc1. The predicted molar refractivity (Wildman–Crippen MR) is 622 cm³/mol. The van der Waals surface area contributed by atoms with Gasteiger partial charge in [-0.2, -0.15) is 0 Å². The van der Waals surface area contributed by atoms with Crippen molar-refractivity contribution >= 4 is 0 Å². The van der Waals surface area contributed by atoms with Crippen molar-refractivity contribution in [3.8, 4) is 0 Å². The van der Waals surface area contributed by atoms with Crippen LogP contribution in [0.5, 0.6) is 0 Å². The Hall–Kier alpha value is -8.81. The molecule has 0 radical (unpaired) electrons. The molecule has 0 bridgehead atoms. The van der Waals surface area contributed by atoms with Gasteiger partial charge in [0.15, 0.2) is 0 Å². The highest BCUT2D eigenvalue weighted by Gasteiger charge is 2.13. The van der Waals surface area contributed by atoms with E-state index in [-0.39, 0.29) is 0 Å². The van der Waals surface area contributed by atoms with Crippen molar-refractivity contribution in [3.63, 3.8) is 0 Å². The summed E-state index contributed by atoms with van der Waals surface area (Å²) in [5, 5.41) is 0. The van der Waals surface area contributed by atoms with Crippen molar-refractivity contribution in [3.05, 3.63) is 366 Å². The van der Waals surface area contributed by atoms with Crippen LogP contribution in [0.25, 0.3) is 0 Å². The average molecular weight is 1910 g/mol. The molecular weight excluding hydrogens is 1700 g/mol. The first-order chi connectivity index (χ1) is 67.0. The van der Waals surface area contributed by atoms with E-state index in [2.05, 4.69) is 471 Å². The van der Waals surface area contributed by atoms with Gasteiger partial charge in [0.05, 0.1) is 19.5 Å². The lowest BCUT2D eigenvalue weighted by atomic mass is 9.89. The van der Waals surface area contributed by atoms with Crippen molar-refractivity contribution in [2.75, 3.05) is 32.8 Å². The Labute approximate surface area is 865 Å². The van der Waals surface area contributed by atoms with Gasteiger partial charge in [-0.15, -0.1) is 0 Å². The fraction of sp³-hybridized carbons (Fsp3) is 0.545. The molecule has 8 aromatic carbocycles. The normalized spacial score (nSPS) is 11.6. The number of morpholine rings is 1. The summed E-state index contributed by atoms with van der Waals surface area (Å²) >= 11 is 0. The predicted octanol–water partition coefficient (Wildman–Crippen LogP) is 38.3. The Bertz CT molecular complexity index is 3940. The summed E-state index contributed by atoms with van der Waals surface area (Å²) in [4.78, 5) is 14.8. The highest BCUT2D eigenvalue weighted by Crippen LogP contribution is 2.24. The van der Waals surface area contributed by atoms with E-state index in [1.807, 2.05) is 43.4 Å². The van der Waals surface area contributed by atoms with Crippen LogP contribution in [0, 0.1) is 70.0 Å². The third-order valence-electron chi connectivity index (χ3n) is 23.8. The molecule has 12 rings (SSSR count). The monoisotopic (exact) mass is 1900 g/mol. The molecule has 1 saturated heterocycles. The third kappa shape index (κ3) is 88.1. The number of pyridine rings is 2. The zero-order valence-corrected chi connectivity index (χ0v) is 94.6. The summed E-state index contributed by atoms with van der Waals surface area (Å²) in [7, 11) is 0. The van der Waals surface area contributed by atoms with Gasteiger partial charge in [0.2, 0.25) is 0 Å². The number of benzene rings is 8. The molecule has 4 heterocycles. The van der Waals surface area contributed by atoms with Crippen LogP contribution in [-0.2, 0) is 75.5 Å². The van der Waals surface area contributed by atoms with Crippen LogP contribution in [0.4, 0.5) is 0 Å². The zero-order chi connectivity index (χ0) is 103. The molecule has 140 heavy (non-hydrogen) atoms. The van der Waals surface area contributed by atoms with Gasteiger partial charge >= 0.3 is 0 Å². The van der Waals surface area contributed by atoms with Gasteiger partial charge in [0.1, 0.15) is 0 Å². The fourth-order valence-electron chi connectivity index (χ4n) is 15.0. The van der Waals surface area contributed by atoms with E-state index in [0.29, 0.717) is 10.8 Å². The summed E-state index contributed by atoms with van der Waals surface area (Å²) in [5.74, 6) is 8.17. The lowest BCUT2D eigenvalue weighted by Gasteiger charge is -2.26. The first-order valence-electron chi connectivity index (χ1n) is 55.4. The topological polar surface area (TPSA) is 56.1 Å². The number of hydrogen-bond acceptors (Lipinski definition) is 5. The van der Waals surface area contributed by atoms with Crippen molar-refractivity contribution in [1.82, 2.24) is 24.4 Å². The largest absolute Gasteiger partial charge is 0.379 e. The van der Waals surface area contributed by atoms with E-state index in [9.17, 15) is 0 Å². The van der Waals surface area contributed by atoms with Gasteiger partial charge in [0, 0.05) is 56.3 Å². The average Bonchev–Trinajstić information content (AvgIpc) is 1.01. The van der Waals surface area contributed by atoms with Crippen LogP contribution in [0.3, 0.4) is 0 Å². The Morgan fingerprint density at radius 3 is 0.800 bits per heavy atom. The number of imidazole rings is 1. The van der Waals surface area contributed by atoms with Gasteiger partial charge in [-0.05, 0) is 299 Å². The first-order valence-corrected chi connectivity index (χ1v) is 55.4. The summed E-state index contributed by atoms with van der Waals surface area (Å²) in [6.07, 6.45) is 48.3. The molecule has 1 aliphatic rings. The molecule has 0 N–H and O–H groups in total. The molecule has 1 fully saturated rings. The van der Waals surface area contributed by atoms with E-state index >= 15 is 0 Å². The van der Waals surface area contributed by atoms with Gasteiger partial charge in [-0.25, -0.2) is 4.98 Å². The van der Waals surface area contributed by atoms with Crippen LogP contribution in [-0.4, -0.2) is 57.3 Å². The van der Waals surface area contributed by atoms with Crippen molar-refractivity contribution in [1.29, 1.82) is 0 Å². The minimum absolute atomic E-state index is 0.481. The highest BCUT2D eigenvalue weighted by atomic mass is 16.5. The first kappa shape index (κ1) is 129. The maximum Gasteiger partial charge on any atom is 0.0945 e. The molecule has 11 aromatic rings. The molecule has 776 valence electrons. The number of hydrogen-bond donors (Lipinski definition) is 0. The van der Waals surface area contributed by atoms with Crippen LogP contribution in [0.15, 0.2) is 310 Å². The smallest absolute Gasteiger partial charge is 0.0945 e. The second-order valence-electron chi connectivity index (χ2n) is 45.3. The maximum absolute atomic E-state index is 5.26. The van der Waals surface area contributed by atoms with Crippen molar-refractivity contribution in [2.24, 2.45) is 70.0 Å². The number of aromatic nitrogens is 4. The summed E-state index contributed by atoms with van der Waals surface area (Å²) < 4.78 is 7.41. The van der Waals surface area contributed by atoms with E-state index in [1.54, 1.807) is 0 Å². The van der Waals surface area contributed by atoms with Crippen LogP contribution < -0.4 is 0 Å². The van der Waals surface area contributed by atoms with Gasteiger partial charge < -0.3 is 9.30 Å². The van der Waals surface area contributed by atoms with Crippen LogP contribution in [0.2, 0.25) is 0 Å². The fourth-order valence-corrected chi connectivity index (χ4v) is 15.0. The molecule has 0 aliphatic carbocycles. The lowest BCUT2D eigenvalue weighted by molar-refractivity contribution is 0.0360. The van der Waals surface area contributed by atoms with Gasteiger partial charge in [-0.3, -0.25) is 14.9 Å². The number of ether oxygens (including phenoxy) is 1. The minimum Gasteiger partial charge on any atom is -0.379 e. The molecule has 0 unspecified atom stereocenters. The molecule has 6 nitrogen and oxygen atoms in total. The molecule has 0 saturated carbocycles. The van der Waals surface area contributed by atoms with Gasteiger partial charge in [-0.1, -0.05) is 467 Å². The van der Waals surface area contributed by atoms with Crippen molar-refractivity contribution < 1.29 is 4.74 Å². The Balaban J connectivity index is 0.000000764. The minimum atomic E-state index is 0.481. The van der Waals surface area contributed by atoms with Crippen LogP contribution >= 0.6 is 0 Å². The van der Waals surface area contributed by atoms with E-state index in [0.717, 1.165) is 98.4 Å². The third-order valence-corrected chi connectivity index (χ3v) is 23.8. The highest BCUT2D eigenvalue weighted by molar-refractivity contribution is 5.21. The van der Waals surface area contributed by atoms with E-state index < -0.39 is 0 Å². The van der Waals surface area contributed by atoms with E-state index in [1.165, 1.54) is 242 Å². The number of nitrogens with zero attached hydrogens (tertiary/aromatic N) is 5. The number of unbranched alkanes of at least 4 members (excludes halogenated alkanes) is 2. The Morgan fingerprint density at radius 1 is 0.243 bits per heavy atom. The molecule has 1 aliphatic heterocycles. The summed E-state index contributed by atoms with van der Waals surface area (Å²) in [5.41, 5.74) is 15.3. The molecule has 0 atom stereocenters. The van der Waals surface area contributed by atoms with Gasteiger partial charge in [0.25, 0.3) is 0 Å².